The van der Waals surface area contributed by atoms with Crippen LogP contribution >= 0.6 is 0 Å². The van der Waals surface area contributed by atoms with Gasteiger partial charge in [-0.05, 0) is 81.9 Å². The van der Waals surface area contributed by atoms with Crippen LogP contribution in [0.4, 0.5) is 0 Å². The quantitative estimate of drug-likeness (QED) is 0.553. The Bertz CT molecular complexity index is 619. The Labute approximate surface area is 160 Å². The molecule has 1 atom stereocenters. The van der Waals surface area contributed by atoms with Crippen molar-refractivity contribution in [3.63, 3.8) is 0 Å². The predicted octanol–water partition coefficient (Wildman–Crippen LogP) is 5.04. The second-order valence-electron chi connectivity index (χ2n) is 9.23. The summed E-state index contributed by atoms with van der Waals surface area (Å²) in [6.45, 7) is 17.5. The summed E-state index contributed by atoms with van der Waals surface area (Å²) in [6, 6.07) is 5.67. The van der Waals surface area contributed by atoms with Crippen LogP contribution in [-0.2, 0) is 14.7 Å². The number of phenols is 1. The molecule has 148 valence electrons. The highest BCUT2D eigenvalue weighted by molar-refractivity contribution is 6.87. The highest BCUT2D eigenvalue weighted by Gasteiger charge is 2.41. The lowest BCUT2D eigenvalue weighted by molar-refractivity contribution is 0.0693. The van der Waals surface area contributed by atoms with Gasteiger partial charge in [-0.15, -0.1) is 0 Å². The van der Waals surface area contributed by atoms with E-state index in [0.717, 1.165) is 18.0 Å². The SMILES string of the molecule is CC(Cc1ccc(C(=O)O)c(O)c1)C[Si](C)(O[Si](C)(C)C)O[Si](C)(C)C. The van der Waals surface area contributed by atoms with E-state index >= 15 is 0 Å². The summed E-state index contributed by atoms with van der Waals surface area (Å²) < 4.78 is 13.1. The number of rotatable bonds is 9. The summed E-state index contributed by atoms with van der Waals surface area (Å²) in [6.07, 6.45) is 0.750. The minimum atomic E-state index is -2.31. The van der Waals surface area contributed by atoms with Crippen molar-refractivity contribution in [1.29, 1.82) is 0 Å². The van der Waals surface area contributed by atoms with Crippen molar-refractivity contribution in [3.8, 4) is 5.75 Å². The fourth-order valence-electron chi connectivity index (χ4n) is 3.39. The van der Waals surface area contributed by atoms with Gasteiger partial charge < -0.3 is 18.4 Å². The van der Waals surface area contributed by atoms with Gasteiger partial charge in [0.2, 0.25) is 0 Å². The second kappa shape index (κ2) is 8.39. The van der Waals surface area contributed by atoms with Gasteiger partial charge in [0.05, 0.1) is 0 Å². The van der Waals surface area contributed by atoms with Crippen molar-refractivity contribution in [3.05, 3.63) is 29.3 Å². The maximum atomic E-state index is 11.0. The normalized spacial score (nSPS) is 14.3. The summed E-state index contributed by atoms with van der Waals surface area (Å²) in [7, 11) is -5.77. The van der Waals surface area contributed by atoms with Crippen LogP contribution in [0.5, 0.6) is 5.75 Å². The van der Waals surface area contributed by atoms with Crippen molar-refractivity contribution >= 4 is 31.2 Å². The first-order valence-corrected chi connectivity index (χ1v) is 18.4. The molecule has 0 aromatic heterocycles. The van der Waals surface area contributed by atoms with E-state index in [1.165, 1.54) is 6.07 Å². The van der Waals surface area contributed by atoms with E-state index in [1.807, 2.05) is 0 Å². The van der Waals surface area contributed by atoms with Gasteiger partial charge in [-0.3, -0.25) is 0 Å². The number of aromatic carboxylic acids is 1. The van der Waals surface area contributed by atoms with Gasteiger partial charge in [-0.2, -0.15) is 0 Å². The molecule has 0 radical (unpaired) electrons. The van der Waals surface area contributed by atoms with Crippen LogP contribution < -0.4 is 0 Å². The molecule has 0 aliphatic carbocycles. The monoisotopic (exact) mass is 414 g/mol. The van der Waals surface area contributed by atoms with E-state index in [1.54, 1.807) is 12.1 Å². The third kappa shape index (κ3) is 8.17. The van der Waals surface area contributed by atoms with Gasteiger partial charge in [0.1, 0.15) is 11.3 Å². The number of hydrogen-bond donors (Lipinski definition) is 2. The lowest BCUT2D eigenvalue weighted by Gasteiger charge is -2.39. The zero-order valence-electron chi connectivity index (χ0n) is 17.3. The smallest absolute Gasteiger partial charge is 0.339 e. The molecule has 0 spiro atoms. The number of carboxylic acids is 1. The van der Waals surface area contributed by atoms with Gasteiger partial charge in [0.25, 0.3) is 0 Å². The zero-order chi connectivity index (χ0) is 20.3. The summed E-state index contributed by atoms with van der Waals surface area (Å²) in [5, 5.41) is 18.9. The molecule has 26 heavy (non-hydrogen) atoms. The standard InChI is InChI=1S/C18H34O5Si3/c1-14(11-15-9-10-16(18(20)21)17(19)12-15)13-26(8,22-24(2,3)4)23-25(5,6)7/h9-10,12,14,19H,11,13H2,1-8H3,(H,20,21). The molecule has 8 heteroatoms. The van der Waals surface area contributed by atoms with E-state index in [-0.39, 0.29) is 11.3 Å². The summed E-state index contributed by atoms with van der Waals surface area (Å²) in [5.41, 5.74) is 0.863. The van der Waals surface area contributed by atoms with Crippen LogP contribution in [0.1, 0.15) is 22.8 Å². The number of benzene rings is 1. The maximum Gasteiger partial charge on any atom is 0.339 e. The largest absolute Gasteiger partial charge is 0.507 e. The van der Waals surface area contributed by atoms with E-state index in [4.69, 9.17) is 13.3 Å². The lowest BCUT2D eigenvalue weighted by Crippen LogP contribution is -2.53. The van der Waals surface area contributed by atoms with Crippen LogP contribution in [0, 0.1) is 5.92 Å². The number of carbonyl (C=O) groups is 1. The minimum absolute atomic E-state index is 0.0650. The molecule has 0 amide bonds. The molecule has 0 aliphatic heterocycles. The molecule has 5 nitrogen and oxygen atoms in total. The first-order chi connectivity index (χ1) is 11.6. The van der Waals surface area contributed by atoms with Gasteiger partial charge in [0, 0.05) is 0 Å². The van der Waals surface area contributed by atoms with E-state index < -0.39 is 31.2 Å². The molecule has 0 fully saturated rings. The Morgan fingerprint density at radius 1 is 1.04 bits per heavy atom. The lowest BCUT2D eigenvalue weighted by atomic mass is 10.0. The van der Waals surface area contributed by atoms with Crippen LogP contribution in [0.2, 0.25) is 51.9 Å². The molecular formula is C18H34O5Si3. The average Bonchev–Trinajstić information content (AvgIpc) is 2.31. The molecule has 0 saturated carbocycles. The van der Waals surface area contributed by atoms with Gasteiger partial charge in [-0.25, -0.2) is 4.79 Å². The van der Waals surface area contributed by atoms with Crippen molar-refractivity contribution in [2.45, 2.75) is 65.2 Å². The fourth-order valence-corrected chi connectivity index (χ4v) is 16.4. The van der Waals surface area contributed by atoms with Gasteiger partial charge in [0.15, 0.2) is 16.6 Å². The molecule has 1 unspecified atom stereocenters. The highest BCUT2D eigenvalue weighted by atomic mass is 28.5. The maximum absolute atomic E-state index is 11.0. The van der Waals surface area contributed by atoms with Crippen LogP contribution in [0.3, 0.4) is 0 Å². The second-order valence-corrected chi connectivity index (χ2v) is 22.0. The topological polar surface area (TPSA) is 76.0 Å². The zero-order valence-corrected chi connectivity index (χ0v) is 20.3. The van der Waals surface area contributed by atoms with Crippen molar-refractivity contribution < 1.29 is 23.2 Å². The van der Waals surface area contributed by atoms with E-state index in [0.29, 0.717) is 5.92 Å². The third-order valence-corrected chi connectivity index (χ3v) is 13.4. The molecule has 2 N–H and O–H groups in total. The predicted molar refractivity (Wildman–Crippen MR) is 113 cm³/mol. The number of hydrogen-bond acceptors (Lipinski definition) is 4. The number of carboxylic acid groups (broad SMARTS) is 1. The molecule has 0 heterocycles. The Morgan fingerprint density at radius 2 is 1.54 bits per heavy atom. The first-order valence-electron chi connectivity index (χ1n) is 9.06. The minimum Gasteiger partial charge on any atom is -0.507 e. The molecule has 1 aromatic rings. The third-order valence-electron chi connectivity index (χ3n) is 3.64. The highest BCUT2D eigenvalue weighted by Crippen LogP contribution is 2.30. The van der Waals surface area contributed by atoms with Crippen LogP contribution in [-0.4, -0.2) is 41.4 Å². The molecule has 0 aliphatic rings. The van der Waals surface area contributed by atoms with Gasteiger partial charge >= 0.3 is 14.5 Å². The fraction of sp³-hybridized carbons (Fsp3) is 0.611. The molecular weight excluding hydrogens is 380 g/mol. The Morgan fingerprint density at radius 3 is 1.92 bits per heavy atom. The summed E-state index contributed by atoms with van der Waals surface area (Å²) in [5.74, 6) is -0.984. The molecule has 1 aromatic carbocycles. The Kier molecular flexibility index (Phi) is 7.45. The van der Waals surface area contributed by atoms with Crippen molar-refractivity contribution in [2.75, 3.05) is 0 Å². The van der Waals surface area contributed by atoms with Gasteiger partial charge in [-0.1, -0.05) is 13.0 Å². The van der Waals surface area contributed by atoms with Crippen LogP contribution in [0.25, 0.3) is 0 Å². The van der Waals surface area contributed by atoms with Crippen LogP contribution in [0.15, 0.2) is 18.2 Å². The van der Waals surface area contributed by atoms with E-state index in [2.05, 4.69) is 52.8 Å². The summed E-state index contributed by atoms with van der Waals surface area (Å²) >= 11 is 0. The molecule has 0 saturated heterocycles. The van der Waals surface area contributed by atoms with Crippen molar-refractivity contribution in [2.24, 2.45) is 5.92 Å². The Hall–Kier alpha value is -0.939. The molecule has 0 bridgehead atoms. The van der Waals surface area contributed by atoms with E-state index in [9.17, 15) is 9.90 Å². The number of aromatic hydroxyl groups is 1. The summed E-state index contributed by atoms with van der Waals surface area (Å²) in [4.78, 5) is 11.0. The molecule has 1 rings (SSSR count). The van der Waals surface area contributed by atoms with Crippen molar-refractivity contribution in [1.82, 2.24) is 0 Å². The first kappa shape index (κ1) is 23.1. The Balaban J connectivity index is 2.91. The average molecular weight is 415 g/mol.